The number of nitroso groups, excluding NO2 is 1. The van der Waals surface area contributed by atoms with Crippen molar-refractivity contribution in [1.82, 2.24) is 4.98 Å². The van der Waals surface area contributed by atoms with Crippen LogP contribution in [-0.2, 0) is 17.6 Å². The normalized spacial score (nSPS) is 15.8. The highest BCUT2D eigenvalue weighted by Crippen LogP contribution is 2.30. The van der Waals surface area contributed by atoms with Crippen LogP contribution in [0.25, 0.3) is 0 Å². The predicted octanol–water partition coefficient (Wildman–Crippen LogP) is 2.30. The number of carboxylic acid groups (broad SMARTS) is 1. The molecule has 1 heterocycles. The summed E-state index contributed by atoms with van der Waals surface area (Å²) >= 11 is 2.21. The maximum atomic E-state index is 11.0. The highest BCUT2D eigenvalue weighted by molar-refractivity contribution is 7.97. The molecule has 0 amide bonds. The molecule has 1 aromatic heterocycles. The Bertz CT molecular complexity index is 426. The zero-order valence-electron chi connectivity index (χ0n) is 9.59. The molecule has 1 aliphatic rings. The summed E-state index contributed by atoms with van der Waals surface area (Å²) in [5.41, 5.74) is 1.08. The minimum absolute atomic E-state index is 0.100. The molecule has 1 atom stereocenters. The van der Waals surface area contributed by atoms with Gasteiger partial charge in [0.05, 0.1) is 5.69 Å². The van der Waals surface area contributed by atoms with Gasteiger partial charge in [0.25, 0.3) is 0 Å². The van der Waals surface area contributed by atoms with Crippen molar-refractivity contribution in [2.24, 2.45) is 4.58 Å². The van der Waals surface area contributed by atoms with Crippen LogP contribution in [0.1, 0.15) is 23.4 Å². The Hall–Kier alpha value is -1.15. The molecule has 0 bridgehead atoms. The first-order chi connectivity index (χ1) is 8.70. The van der Waals surface area contributed by atoms with Crippen LogP contribution in [0, 0.1) is 4.91 Å². The molecule has 0 unspecified atom stereocenters. The van der Waals surface area contributed by atoms with E-state index in [0.717, 1.165) is 25.0 Å². The van der Waals surface area contributed by atoms with Gasteiger partial charge < -0.3 is 10.4 Å². The number of hydrogen-bond acceptors (Lipinski definition) is 7. The first-order valence-corrected chi connectivity index (χ1v) is 7.39. The number of aryl methyl sites for hydroxylation is 2. The molecule has 18 heavy (non-hydrogen) atoms. The largest absolute Gasteiger partial charge is 0.480 e. The van der Waals surface area contributed by atoms with Crippen molar-refractivity contribution in [3.63, 3.8) is 0 Å². The van der Waals surface area contributed by atoms with Gasteiger partial charge in [0.15, 0.2) is 5.13 Å². The Morgan fingerprint density at radius 2 is 2.33 bits per heavy atom. The number of nitrogens with zero attached hydrogens (tertiary/aromatic N) is 2. The van der Waals surface area contributed by atoms with E-state index in [1.807, 2.05) is 0 Å². The van der Waals surface area contributed by atoms with Crippen LogP contribution in [-0.4, -0.2) is 27.9 Å². The number of carbonyl (C=O) groups is 1. The number of fused-ring (bicyclic) bond motifs is 1. The Labute approximate surface area is 112 Å². The number of hydrogen-bond donors (Lipinski definition) is 2. The molecule has 0 radical (unpaired) electrons. The Balaban J connectivity index is 2.03. The van der Waals surface area contributed by atoms with Crippen molar-refractivity contribution < 1.29 is 9.90 Å². The number of carboxylic acids is 1. The summed E-state index contributed by atoms with van der Waals surface area (Å²) in [6.07, 6.45) is 4.30. The molecule has 6 nitrogen and oxygen atoms in total. The first kappa shape index (κ1) is 13.3. The molecule has 0 fully saturated rings. The van der Waals surface area contributed by atoms with Gasteiger partial charge in [-0.05, 0) is 25.7 Å². The molecular formula is C10H13N3O3S2. The summed E-state index contributed by atoms with van der Waals surface area (Å²) in [6.45, 7) is 0. The molecule has 0 saturated carbocycles. The number of nitrogens with one attached hydrogen (secondary N) is 1. The van der Waals surface area contributed by atoms with Gasteiger partial charge in [-0.1, -0.05) is 0 Å². The molecule has 2 rings (SSSR count). The molecule has 0 saturated heterocycles. The number of anilines is 1. The van der Waals surface area contributed by atoms with E-state index in [1.54, 1.807) is 0 Å². The zero-order valence-corrected chi connectivity index (χ0v) is 11.2. The lowest BCUT2D eigenvalue weighted by Crippen LogP contribution is -2.31. The van der Waals surface area contributed by atoms with Crippen LogP contribution in [0.4, 0.5) is 5.13 Å². The van der Waals surface area contributed by atoms with E-state index in [9.17, 15) is 9.70 Å². The lowest BCUT2D eigenvalue weighted by molar-refractivity contribution is -0.137. The van der Waals surface area contributed by atoms with Gasteiger partial charge in [0.2, 0.25) is 0 Å². The Morgan fingerprint density at radius 3 is 3.00 bits per heavy atom. The molecule has 2 N–H and O–H groups in total. The fourth-order valence-corrected chi connectivity index (χ4v) is 3.38. The summed E-state index contributed by atoms with van der Waals surface area (Å²) < 4.78 is 2.61. The second-order valence-corrected chi connectivity index (χ2v) is 5.83. The van der Waals surface area contributed by atoms with Gasteiger partial charge in [-0.15, -0.1) is 16.2 Å². The van der Waals surface area contributed by atoms with Crippen LogP contribution < -0.4 is 5.32 Å². The Kier molecular flexibility index (Phi) is 4.54. The van der Waals surface area contributed by atoms with E-state index in [0.29, 0.717) is 17.1 Å². The summed E-state index contributed by atoms with van der Waals surface area (Å²) in [7, 11) is 0. The number of aliphatic carboxylic acids is 1. The van der Waals surface area contributed by atoms with Crippen LogP contribution in [0.5, 0.6) is 0 Å². The first-order valence-electron chi connectivity index (χ1n) is 5.63. The van der Waals surface area contributed by atoms with Gasteiger partial charge in [-0.25, -0.2) is 9.78 Å². The maximum absolute atomic E-state index is 11.0. The van der Waals surface area contributed by atoms with E-state index in [4.69, 9.17) is 5.11 Å². The predicted molar refractivity (Wildman–Crippen MR) is 72.1 cm³/mol. The van der Waals surface area contributed by atoms with Gasteiger partial charge in [0, 0.05) is 27.2 Å². The quantitative estimate of drug-likeness (QED) is 0.616. The fourth-order valence-electron chi connectivity index (χ4n) is 1.84. The van der Waals surface area contributed by atoms with E-state index < -0.39 is 12.0 Å². The zero-order chi connectivity index (χ0) is 13.0. The van der Waals surface area contributed by atoms with Crippen molar-refractivity contribution in [3.8, 4) is 0 Å². The number of aromatic nitrogens is 1. The van der Waals surface area contributed by atoms with Crippen LogP contribution >= 0.6 is 23.3 Å². The average Bonchev–Trinajstić information content (AvgIpc) is 2.76. The molecule has 8 heteroatoms. The van der Waals surface area contributed by atoms with E-state index in [2.05, 4.69) is 14.9 Å². The third kappa shape index (κ3) is 3.20. The summed E-state index contributed by atoms with van der Waals surface area (Å²) in [5, 5.41) is 12.5. The second-order valence-electron chi connectivity index (χ2n) is 4.00. The van der Waals surface area contributed by atoms with Crippen molar-refractivity contribution in [2.45, 2.75) is 31.7 Å². The standard InChI is InChI=1S/C10H13N3O3S2/c14-9(15)7(5-17-13-16)12-10-11-6-3-1-2-4-8(6)18-10/h7H,1-5H2,(H,11,12)(H,14,15)/t7-/m0/s1. The topological polar surface area (TPSA) is 91.7 Å². The SMILES string of the molecule is O=NSC[C@H](Nc1nc2c(s1)CCCC2)C(=O)O. The second kappa shape index (κ2) is 6.14. The smallest absolute Gasteiger partial charge is 0.327 e. The lowest BCUT2D eigenvalue weighted by Gasteiger charge is -2.10. The third-order valence-corrected chi connectivity index (χ3v) is 4.41. The molecule has 0 aromatic carbocycles. The monoisotopic (exact) mass is 287 g/mol. The fraction of sp³-hybridized carbons (Fsp3) is 0.600. The van der Waals surface area contributed by atoms with E-state index in [1.165, 1.54) is 22.6 Å². The molecule has 1 aliphatic carbocycles. The van der Waals surface area contributed by atoms with E-state index >= 15 is 0 Å². The Morgan fingerprint density at radius 1 is 1.56 bits per heavy atom. The molecule has 98 valence electrons. The molecule has 0 aliphatic heterocycles. The average molecular weight is 287 g/mol. The van der Waals surface area contributed by atoms with Crippen LogP contribution in [0.3, 0.4) is 0 Å². The third-order valence-electron chi connectivity index (χ3n) is 2.74. The van der Waals surface area contributed by atoms with Crippen LogP contribution in [0.15, 0.2) is 4.58 Å². The minimum atomic E-state index is -1.00. The number of rotatable bonds is 6. The summed E-state index contributed by atoms with van der Waals surface area (Å²) in [5.74, 6) is -0.900. The van der Waals surface area contributed by atoms with Crippen molar-refractivity contribution in [2.75, 3.05) is 11.1 Å². The molecular weight excluding hydrogens is 274 g/mol. The van der Waals surface area contributed by atoms with Crippen molar-refractivity contribution in [3.05, 3.63) is 15.5 Å². The summed E-state index contributed by atoms with van der Waals surface area (Å²) in [4.78, 5) is 26.7. The number of thiazole rings is 1. The van der Waals surface area contributed by atoms with Crippen LogP contribution in [0.2, 0.25) is 0 Å². The lowest BCUT2D eigenvalue weighted by atomic mass is 10.0. The van der Waals surface area contributed by atoms with Gasteiger partial charge in [0.1, 0.15) is 6.04 Å². The van der Waals surface area contributed by atoms with Gasteiger partial charge in [-0.2, -0.15) is 0 Å². The summed E-state index contributed by atoms with van der Waals surface area (Å²) in [6, 6.07) is -0.833. The van der Waals surface area contributed by atoms with Crippen molar-refractivity contribution in [1.29, 1.82) is 0 Å². The van der Waals surface area contributed by atoms with Gasteiger partial charge in [-0.3, -0.25) is 0 Å². The highest BCUT2D eigenvalue weighted by atomic mass is 32.2. The minimum Gasteiger partial charge on any atom is -0.480 e. The molecule has 0 spiro atoms. The molecule has 1 aromatic rings. The van der Waals surface area contributed by atoms with E-state index in [-0.39, 0.29) is 5.75 Å². The maximum Gasteiger partial charge on any atom is 0.327 e. The van der Waals surface area contributed by atoms with Gasteiger partial charge >= 0.3 is 5.97 Å². The van der Waals surface area contributed by atoms with Crippen molar-refractivity contribution >= 4 is 34.4 Å². The highest BCUT2D eigenvalue weighted by Gasteiger charge is 2.21.